The van der Waals surface area contributed by atoms with Gasteiger partial charge in [-0.3, -0.25) is 10.1 Å². The molecule has 3 rings (SSSR count). The molecule has 144 valence electrons. The minimum Gasteiger partial charge on any atom is -0.358 e. The number of aryl methyl sites for hydroxylation is 1. The van der Waals surface area contributed by atoms with E-state index < -0.39 is 16.9 Å². The summed E-state index contributed by atoms with van der Waals surface area (Å²) in [5.41, 5.74) is 3.30. The standard InChI is InChI=1S/C21H24F2N2O2/c1-3-7-18-15(2)10-11-19(25(26)27)20(18)24(17-12-21(22,23)13-17)14-16-8-5-4-6-9-16/h4-6,8-11,17H,3,7,12-14H2,1-2H3. The van der Waals surface area contributed by atoms with Gasteiger partial charge in [0, 0.05) is 31.5 Å². The van der Waals surface area contributed by atoms with Gasteiger partial charge < -0.3 is 4.90 Å². The van der Waals surface area contributed by atoms with E-state index in [0.29, 0.717) is 18.7 Å². The Balaban J connectivity index is 2.10. The highest BCUT2D eigenvalue weighted by molar-refractivity contribution is 5.71. The molecule has 2 aromatic rings. The molecule has 0 radical (unpaired) electrons. The van der Waals surface area contributed by atoms with Crippen LogP contribution in [0.2, 0.25) is 0 Å². The first kappa shape index (κ1) is 19.3. The van der Waals surface area contributed by atoms with Crippen molar-refractivity contribution < 1.29 is 13.7 Å². The predicted molar refractivity (Wildman–Crippen MR) is 102 cm³/mol. The largest absolute Gasteiger partial charge is 0.358 e. The Bertz CT molecular complexity index is 816. The lowest BCUT2D eigenvalue weighted by Crippen LogP contribution is -2.51. The first-order chi connectivity index (χ1) is 12.8. The zero-order valence-corrected chi connectivity index (χ0v) is 15.6. The lowest BCUT2D eigenvalue weighted by atomic mass is 9.85. The average Bonchev–Trinajstić information content (AvgIpc) is 2.60. The summed E-state index contributed by atoms with van der Waals surface area (Å²) in [4.78, 5) is 13.2. The summed E-state index contributed by atoms with van der Waals surface area (Å²) >= 11 is 0. The number of benzene rings is 2. The van der Waals surface area contributed by atoms with Gasteiger partial charge in [-0.15, -0.1) is 0 Å². The monoisotopic (exact) mass is 374 g/mol. The van der Waals surface area contributed by atoms with Crippen molar-refractivity contribution >= 4 is 11.4 Å². The Hall–Kier alpha value is -2.50. The van der Waals surface area contributed by atoms with E-state index in [4.69, 9.17) is 0 Å². The van der Waals surface area contributed by atoms with Crippen LogP contribution in [0.3, 0.4) is 0 Å². The Morgan fingerprint density at radius 3 is 2.41 bits per heavy atom. The van der Waals surface area contributed by atoms with Gasteiger partial charge in [0.1, 0.15) is 5.69 Å². The van der Waals surface area contributed by atoms with Gasteiger partial charge in [0.25, 0.3) is 11.6 Å². The fourth-order valence-corrected chi connectivity index (χ4v) is 3.78. The van der Waals surface area contributed by atoms with Crippen LogP contribution in [-0.4, -0.2) is 16.9 Å². The number of rotatable bonds is 7. The maximum atomic E-state index is 13.6. The molecule has 0 atom stereocenters. The highest BCUT2D eigenvalue weighted by Crippen LogP contribution is 2.46. The number of nitro groups is 1. The quantitative estimate of drug-likeness (QED) is 0.464. The third-order valence-corrected chi connectivity index (χ3v) is 5.18. The lowest BCUT2D eigenvalue weighted by Gasteiger charge is -2.44. The van der Waals surface area contributed by atoms with E-state index in [0.717, 1.165) is 23.1 Å². The van der Waals surface area contributed by atoms with Crippen molar-refractivity contribution in [3.63, 3.8) is 0 Å². The van der Waals surface area contributed by atoms with Gasteiger partial charge in [-0.2, -0.15) is 0 Å². The van der Waals surface area contributed by atoms with E-state index in [1.165, 1.54) is 6.07 Å². The van der Waals surface area contributed by atoms with Gasteiger partial charge in [-0.1, -0.05) is 49.7 Å². The third-order valence-electron chi connectivity index (χ3n) is 5.18. The second kappa shape index (κ2) is 7.62. The molecule has 0 amide bonds. The maximum Gasteiger partial charge on any atom is 0.292 e. The fourth-order valence-electron chi connectivity index (χ4n) is 3.78. The summed E-state index contributed by atoms with van der Waals surface area (Å²) in [6.07, 6.45) is 0.971. The second-order valence-electron chi connectivity index (χ2n) is 7.27. The van der Waals surface area contributed by atoms with Crippen LogP contribution in [0, 0.1) is 17.0 Å². The maximum absolute atomic E-state index is 13.6. The van der Waals surface area contributed by atoms with Crippen LogP contribution in [0.25, 0.3) is 0 Å². The van der Waals surface area contributed by atoms with Gasteiger partial charge >= 0.3 is 0 Å². The van der Waals surface area contributed by atoms with Crippen LogP contribution >= 0.6 is 0 Å². The van der Waals surface area contributed by atoms with E-state index in [2.05, 4.69) is 0 Å². The van der Waals surface area contributed by atoms with Crippen molar-refractivity contribution in [2.45, 2.75) is 58.0 Å². The molecule has 0 saturated heterocycles. The zero-order chi connectivity index (χ0) is 19.6. The molecule has 1 aliphatic rings. The highest BCUT2D eigenvalue weighted by Gasteiger charge is 2.49. The van der Waals surface area contributed by atoms with Crippen LogP contribution in [0.15, 0.2) is 42.5 Å². The van der Waals surface area contributed by atoms with E-state index >= 15 is 0 Å². The molecule has 0 unspecified atom stereocenters. The smallest absolute Gasteiger partial charge is 0.292 e. The van der Waals surface area contributed by atoms with Crippen molar-refractivity contribution in [3.8, 4) is 0 Å². The lowest BCUT2D eigenvalue weighted by molar-refractivity contribution is -0.384. The van der Waals surface area contributed by atoms with Crippen molar-refractivity contribution in [2.75, 3.05) is 4.90 Å². The van der Waals surface area contributed by atoms with E-state index in [1.807, 2.05) is 49.1 Å². The summed E-state index contributed by atoms with van der Waals surface area (Å²) in [7, 11) is 0. The molecule has 1 aliphatic carbocycles. The van der Waals surface area contributed by atoms with Crippen molar-refractivity contribution in [1.82, 2.24) is 0 Å². The predicted octanol–water partition coefficient (Wildman–Crippen LogP) is 5.66. The fraction of sp³-hybridized carbons (Fsp3) is 0.429. The minimum absolute atomic E-state index is 0.00445. The topological polar surface area (TPSA) is 46.4 Å². The van der Waals surface area contributed by atoms with E-state index in [9.17, 15) is 18.9 Å². The molecule has 4 nitrogen and oxygen atoms in total. The first-order valence-electron chi connectivity index (χ1n) is 9.27. The van der Waals surface area contributed by atoms with Gasteiger partial charge in [-0.05, 0) is 30.0 Å². The van der Waals surface area contributed by atoms with Crippen LogP contribution in [-0.2, 0) is 13.0 Å². The van der Waals surface area contributed by atoms with Crippen LogP contribution in [0.4, 0.5) is 20.2 Å². The molecule has 0 aliphatic heterocycles. The highest BCUT2D eigenvalue weighted by atomic mass is 19.3. The first-order valence-corrected chi connectivity index (χ1v) is 9.27. The van der Waals surface area contributed by atoms with E-state index in [1.54, 1.807) is 6.07 Å². The molecule has 27 heavy (non-hydrogen) atoms. The minimum atomic E-state index is -2.69. The Labute approximate surface area is 158 Å². The van der Waals surface area contributed by atoms with Crippen LogP contribution in [0.5, 0.6) is 0 Å². The van der Waals surface area contributed by atoms with Crippen LogP contribution < -0.4 is 4.90 Å². The van der Waals surface area contributed by atoms with Gasteiger partial charge in [0.05, 0.1) is 4.92 Å². The average molecular weight is 374 g/mol. The summed E-state index contributed by atoms with van der Waals surface area (Å²) in [5, 5.41) is 11.7. The normalized spacial score (nSPS) is 16.0. The SMILES string of the molecule is CCCc1c(C)ccc([N+](=O)[O-])c1N(Cc1ccccc1)C1CC(F)(F)C1. The van der Waals surface area contributed by atoms with Crippen LogP contribution in [0.1, 0.15) is 42.9 Å². The summed E-state index contributed by atoms with van der Waals surface area (Å²) in [5.74, 6) is -2.69. The van der Waals surface area contributed by atoms with Gasteiger partial charge in [0.15, 0.2) is 0 Å². The molecule has 6 heteroatoms. The Morgan fingerprint density at radius 1 is 1.19 bits per heavy atom. The molecule has 0 spiro atoms. The van der Waals surface area contributed by atoms with Crippen molar-refractivity contribution in [1.29, 1.82) is 0 Å². The summed E-state index contributed by atoms with van der Waals surface area (Å²) in [6.45, 7) is 4.32. The molecule has 2 aromatic carbocycles. The Kier molecular flexibility index (Phi) is 5.44. The van der Waals surface area contributed by atoms with Gasteiger partial charge in [-0.25, -0.2) is 8.78 Å². The zero-order valence-electron chi connectivity index (χ0n) is 15.6. The molecular weight excluding hydrogens is 350 g/mol. The number of nitrogens with zero attached hydrogens (tertiary/aromatic N) is 2. The molecule has 0 bridgehead atoms. The number of alkyl halides is 2. The molecule has 0 N–H and O–H groups in total. The number of hydrogen-bond donors (Lipinski definition) is 0. The number of halogens is 2. The number of hydrogen-bond acceptors (Lipinski definition) is 3. The van der Waals surface area contributed by atoms with Crippen molar-refractivity contribution in [3.05, 3.63) is 69.3 Å². The molecule has 1 saturated carbocycles. The Morgan fingerprint density at radius 2 is 1.85 bits per heavy atom. The van der Waals surface area contributed by atoms with Crippen molar-refractivity contribution in [2.24, 2.45) is 0 Å². The molecule has 0 heterocycles. The number of anilines is 1. The third kappa shape index (κ3) is 4.10. The molecular formula is C21H24F2N2O2. The summed E-state index contributed by atoms with van der Waals surface area (Å²) < 4.78 is 27.3. The summed E-state index contributed by atoms with van der Waals surface area (Å²) in [6, 6.07) is 12.4. The van der Waals surface area contributed by atoms with Gasteiger partial charge in [0.2, 0.25) is 0 Å². The molecule has 0 aromatic heterocycles. The second-order valence-corrected chi connectivity index (χ2v) is 7.27. The molecule has 1 fully saturated rings. The van der Waals surface area contributed by atoms with E-state index in [-0.39, 0.29) is 18.5 Å². The number of nitro benzene ring substituents is 1.